The number of benzene rings is 2. The highest BCUT2D eigenvalue weighted by molar-refractivity contribution is 7.90. The Balaban J connectivity index is 1.42. The summed E-state index contributed by atoms with van der Waals surface area (Å²) in [5.41, 5.74) is 5.11. The fourth-order valence-corrected chi connectivity index (χ4v) is 6.86. The third-order valence-corrected chi connectivity index (χ3v) is 9.25. The van der Waals surface area contributed by atoms with Crippen molar-refractivity contribution >= 4 is 39.7 Å². The highest BCUT2D eigenvalue weighted by Gasteiger charge is 2.30. The molecule has 1 amide bonds. The van der Waals surface area contributed by atoms with E-state index in [1.54, 1.807) is 33.9 Å². The zero-order valence-corrected chi connectivity index (χ0v) is 27.5. The normalized spacial score (nSPS) is 13.8. The zero-order chi connectivity index (χ0) is 33.4. The van der Waals surface area contributed by atoms with E-state index < -0.39 is 23.5 Å². The SMILES string of the molecule is CN[S+]([O-])Nc1nn2cccnc2c1C(=O)N[C@@H](C)c1c2c3c(ccc(C#Cc4cnn(C)c4)c3c(=O)n1-c1ccccc1)CCCC2. The molecule has 0 saturated carbocycles. The molecule has 0 bridgehead atoms. The molecular formula is C35H33N9O3S. The summed E-state index contributed by atoms with van der Waals surface area (Å²) in [6.07, 6.45) is 10.2. The number of pyridine rings is 1. The Bertz CT molecular complexity index is 2300. The van der Waals surface area contributed by atoms with Crippen molar-refractivity contribution in [2.45, 2.75) is 38.6 Å². The van der Waals surface area contributed by atoms with E-state index in [0.29, 0.717) is 28.0 Å². The number of hydrogen-bond donors (Lipinski definition) is 3. The Morgan fingerprint density at radius 1 is 1.06 bits per heavy atom. The van der Waals surface area contributed by atoms with Crippen LogP contribution in [0.1, 0.15) is 64.1 Å². The maximum atomic E-state index is 14.8. The molecule has 6 aromatic rings. The van der Waals surface area contributed by atoms with Gasteiger partial charge in [0.25, 0.3) is 11.5 Å². The Morgan fingerprint density at radius 3 is 2.65 bits per heavy atom. The standard InChI is InChI=1S/C35H33N9O3S/c1-22(39-34(45)30-32(41-48(47)36-2)40-43-19-9-18-37-33(30)43)31-27-13-8-7-10-24-16-17-25(15-14-23-20-38-42(3)21-23)29(28(24)27)35(46)44(31)26-11-5-4-6-12-26/h4-6,9,11-12,16-22,36H,7-8,10,13H2,1-3H3,(H,39,45)(H,40,41)/t22-,48?/m0/s1. The molecule has 1 aliphatic carbocycles. The molecule has 0 fully saturated rings. The van der Waals surface area contributed by atoms with E-state index in [4.69, 9.17) is 0 Å². The predicted octanol–water partition coefficient (Wildman–Crippen LogP) is 3.75. The molecule has 0 saturated heterocycles. The Hall–Kier alpha value is -5.42. The van der Waals surface area contributed by atoms with Crippen molar-refractivity contribution in [1.82, 2.24) is 39.0 Å². The summed E-state index contributed by atoms with van der Waals surface area (Å²) in [6.45, 7) is 1.88. The molecule has 4 heterocycles. The van der Waals surface area contributed by atoms with Crippen LogP contribution in [0.4, 0.5) is 5.82 Å². The quantitative estimate of drug-likeness (QED) is 0.174. The Kier molecular flexibility index (Phi) is 8.45. The molecule has 242 valence electrons. The summed E-state index contributed by atoms with van der Waals surface area (Å²) in [7, 11) is 3.36. The molecule has 1 unspecified atom stereocenters. The minimum absolute atomic E-state index is 0.113. The van der Waals surface area contributed by atoms with Crippen molar-refractivity contribution in [2.24, 2.45) is 7.05 Å². The average molecular weight is 660 g/mol. The molecule has 13 heteroatoms. The molecule has 0 aliphatic heterocycles. The molecule has 0 radical (unpaired) electrons. The number of anilines is 1. The molecule has 3 N–H and O–H groups in total. The predicted molar refractivity (Wildman–Crippen MR) is 185 cm³/mol. The smallest absolute Gasteiger partial charge is 0.264 e. The van der Waals surface area contributed by atoms with Gasteiger partial charge in [-0.1, -0.05) is 36.1 Å². The van der Waals surface area contributed by atoms with Crippen molar-refractivity contribution in [2.75, 3.05) is 11.8 Å². The van der Waals surface area contributed by atoms with Crippen molar-refractivity contribution in [3.63, 3.8) is 0 Å². The number of carbonyl (C=O) groups excluding carboxylic acids is 1. The number of para-hydroxylation sites is 1. The minimum atomic E-state index is -1.69. The van der Waals surface area contributed by atoms with E-state index in [2.05, 4.69) is 47.8 Å². The van der Waals surface area contributed by atoms with Crippen molar-refractivity contribution in [3.8, 4) is 17.5 Å². The molecule has 4 aromatic heterocycles. The number of carbonyl (C=O) groups is 1. The van der Waals surface area contributed by atoms with E-state index >= 15 is 0 Å². The number of rotatable bonds is 7. The van der Waals surface area contributed by atoms with E-state index in [1.165, 1.54) is 11.6 Å². The largest absolute Gasteiger partial charge is 0.574 e. The first kappa shape index (κ1) is 31.2. The third-order valence-electron chi connectivity index (χ3n) is 8.50. The van der Waals surface area contributed by atoms with Crippen molar-refractivity contribution in [1.29, 1.82) is 0 Å². The van der Waals surface area contributed by atoms with Crippen LogP contribution in [0.25, 0.3) is 22.1 Å². The van der Waals surface area contributed by atoms with Crippen LogP contribution in [0.5, 0.6) is 0 Å². The van der Waals surface area contributed by atoms with Crippen molar-refractivity contribution in [3.05, 3.63) is 117 Å². The van der Waals surface area contributed by atoms with Crippen LogP contribution in [-0.4, -0.2) is 46.5 Å². The van der Waals surface area contributed by atoms with Crippen LogP contribution in [0.2, 0.25) is 0 Å². The van der Waals surface area contributed by atoms with Gasteiger partial charge in [-0.2, -0.15) is 9.82 Å². The lowest BCUT2D eigenvalue weighted by Crippen LogP contribution is -2.34. The van der Waals surface area contributed by atoms with Gasteiger partial charge in [-0.05, 0) is 73.4 Å². The molecule has 0 spiro atoms. The highest BCUT2D eigenvalue weighted by Crippen LogP contribution is 2.35. The lowest BCUT2D eigenvalue weighted by Gasteiger charge is -2.25. The summed E-state index contributed by atoms with van der Waals surface area (Å²) < 4.78 is 22.6. The molecule has 7 rings (SSSR count). The van der Waals surface area contributed by atoms with Crippen LogP contribution < -0.4 is 20.3 Å². The van der Waals surface area contributed by atoms with E-state index in [9.17, 15) is 14.1 Å². The second-order valence-electron chi connectivity index (χ2n) is 11.6. The fourth-order valence-electron chi connectivity index (χ4n) is 6.44. The lowest BCUT2D eigenvalue weighted by molar-refractivity contribution is 0.0941. The number of fused-ring (bicyclic) bond motifs is 1. The second-order valence-corrected chi connectivity index (χ2v) is 12.8. The molecule has 48 heavy (non-hydrogen) atoms. The summed E-state index contributed by atoms with van der Waals surface area (Å²) >= 11 is -1.69. The topological polar surface area (TPSA) is 146 Å². The molecule has 2 atom stereocenters. The van der Waals surface area contributed by atoms with Gasteiger partial charge in [0.15, 0.2) is 17.2 Å². The van der Waals surface area contributed by atoms with Gasteiger partial charge in [-0.3, -0.25) is 18.8 Å². The van der Waals surface area contributed by atoms with Gasteiger partial charge >= 0.3 is 0 Å². The van der Waals surface area contributed by atoms with Gasteiger partial charge in [0, 0.05) is 43.9 Å². The second kappa shape index (κ2) is 13.0. The Morgan fingerprint density at radius 2 is 1.88 bits per heavy atom. The Labute approximate surface area is 279 Å². The van der Waals surface area contributed by atoms with Gasteiger partial charge in [-0.25, -0.2) is 9.50 Å². The van der Waals surface area contributed by atoms with Crippen LogP contribution in [0.15, 0.2) is 78.1 Å². The van der Waals surface area contributed by atoms with Crippen LogP contribution in [0.3, 0.4) is 0 Å². The average Bonchev–Trinajstić information content (AvgIpc) is 3.61. The number of nitrogens with one attached hydrogen (secondary N) is 3. The molecular weight excluding hydrogens is 627 g/mol. The van der Waals surface area contributed by atoms with E-state index in [-0.39, 0.29) is 16.9 Å². The third kappa shape index (κ3) is 5.70. The number of aromatic nitrogens is 6. The van der Waals surface area contributed by atoms with Crippen molar-refractivity contribution < 1.29 is 9.35 Å². The first-order chi connectivity index (χ1) is 23.3. The van der Waals surface area contributed by atoms with Gasteiger partial charge in [0.05, 0.1) is 28.9 Å². The van der Waals surface area contributed by atoms with Gasteiger partial charge < -0.3 is 9.87 Å². The maximum absolute atomic E-state index is 14.8. The summed E-state index contributed by atoms with van der Waals surface area (Å²) in [4.78, 5) is 33.4. The van der Waals surface area contributed by atoms with E-state index in [1.807, 2.05) is 56.6 Å². The van der Waals surface area contributed by atoms with Crippen LogP contribution in [-0.2, 0) is 31.4 Å². The van der Waals surface area contributed by atoms with Crippen LogP contribution in [0, 0.1) is 11.8 Å². The minimum Gasteiger partial charge on any atom is -0.574 e. The monoisotopic (exact) mass is 659 g/mol. The highest BCUT2D eigenvalue weighted by atomic mass is 32.2. The number of aryl methyl sites for hydroxylation is 3. The van der Waals surface area contributed by atoms with Gasteiger partial charge in [-0.15, -0.1) is 9.82 Å². The van der Waals surface area contributed by atoms with Gasteiger partial charge in [0.1, 0.15) is 5.56 Å². The maximum Gasteiger partial charge on any atom is 0.264 e. The molecule has 1 aliphatic rings. The summed E-state index contributed by atoms with van der Waals surface area (Å²) in [6, 6.07) is 14.6. The van der Waals surface area contributed by atoms with Crippen LogP contribution >= 0.6 is 0 Å². The first-order valence-electron chi connectivity index (χ1n) is 15.6. The summed E-state index contributed by atoms with van der Waals surface area (Å²) in [5, 5.41) is 13.2. The zero-order valence-electron chi connectivity index (χ0n) is 26.7. The van der Waals surface area contributed by atoms with E-state index in [0.717, 1.165) is 47.8 Å². The number of nitrogens with zero attached hydrogens (tertiary/aromatic N) is 6. The summed E-state index contributed by atoms with van der Waals surface area (Å²) in [5.74, 6) is 6.08. The molecule has 2 aromatic carbocycles. The van der Waals surface area contributed by atoms with Gasteiger partial charge in [0.2, 0.25) is 5.82 Å². The number of hydrogen-bond acceptors (Lipinski definition) is 8. The molecule has 12 nitrogen and oxygen atoms in total. The number of amides is 1. The fraction of sp³-hybridized carbons (Fsp3) is 0.229. The lowest BCUT2D eigenvalue weighted by atomic mass is 9.92. The first-order valence-corrected chi connectivity index (χ1v) is 16.8.